The highest BCUT2D eigenvalue weighted by Gasteiger charge is 2.17. The summed E-state index contributed by atoms with van der Waals surface area (Å²) < 4.78 is 2.52. The second kappa shape index (κ2) is 3.66. The van der Waals surface area contributed by atoms with Crippen LogP contribution in [-0.4, -0.2) is 34.3 Å². The molecule has 1 amide bonds. The minimum atomic E-state index is -0.106. The van der Waals surface area contributed by atoms with Gasteiger partial charge in [0, 0.05) is 20.3 Å². The van der Waals surface area contributed by atoms with Crippen molar-refractivity contribution in [2.45, 2.75) is 0 Å². The van der Waals surface area contributed by atoms with Gasteiger partial charge < -0.3 is 4.90 Å². The van der Waals surface area contributed by atoms with E-state index < -0.39 is 0 Å². The van der Waals surface area contributed by atoms with Crippen molar-refractivity contribution in [1.82, 2.24) is 14.3 Å². The molecule has 0 unspecified atom stereocenters. The normalized spacial score (nSPS) is 10.6. The SMILES string of the molecule is CN(C)C(=O)c1nc2ccccn2c1Br. The summed E-state index contributed by atoms with van der Waals surface area (Å²) in [6.07, 6.45) is 1.86. The first-order chi connectivity index (χ1) is 7.11. The number of rotatable bonds is 1. The Hall–Kier alpha value is -1.36. The number of imidazole rings is 1. The lowest BCUT2D eigenvalue weighted by atomic mass is 10.4. The quantitative estimate of drug-likeness (QED) is 0.790. The fourth-order valence-corrected chi connectivity index (χ4v) is 1.87. The molecule has 78 valence electrons. The molecule has 0 aliphatic carbocycles. The first-order valence-electron chi connectivity index (χ1n) is 4.45. The molecule has 15 heavy (non-hydrogen) atoms. The summed E-state index contributed by atoms with van der Waals surface area (Å²) in [6.45, 7) is 0. The van der Waals surface area contributed by atoms with Crippen molar-refractivity contribution >= 4 is 27.5 Å². The molecule has 0 bridgehead atoms. The van der Waals surface area contributed by atoms with Crippen LogP contribution in [0.2, 0.25) is 0 Å². The zero-order valence-electron chi connectivity index (χ0n) is 8.44. The molecule has 0 atom stereocenters. The van der Waals surface area contributed by atoms with Gasteiger partial charge in [0.2, 0.25) is 0 Å². The van der Waals surface area contributed by atoms with E-state index in [1.54, 1.807) is 14.1 Å². The van der Waals surface area contributed by atoms with Gasteiger partial charge in [-0.05, 0) is 28.1 Å². The molecule has 0 saturated carbocycles. The molecule has 0 radical (unpaired) electrons. The number of aromatic nitrogens is 2. The zero-order chi connectivity index (χ0) is 11.0. The minimum absolute atomic E-state index is 0.106. The van der Waals surface area contributed by atoms with Crippen molar-refractivity contribution in [3.05, 3.63) is 34.7 Å². The van der Waals surface area contributed by atoms with E-state index in [0.717, 1.165) is 5.65 Å². The smallest absolute Gasteiger partial charge is 0.274 e. The van der Waals surface area contributed by atoms with Gasteiger partial charge in [0.15, 0.2) is 5.69 Å². The molecule has 0 fully saturated rings. The molecule has 0 saturated heterocycles. The van der Waals surface area contributed by atoms with E-state index in [-0.39, 0.29) is 5.91 Å². The Morgan fingerprint density at radius 1 is 1.47 bits per heavy atom. The van der Waals surface area contributed by atoms with E-state index in [2.05, 4.69) is 20.9 Å². The Morgan fingerprint density at radius 2 is 2.20 bits per heavy atom. The van der Waals surface area contributed by atoms with Gasteiger partial charge in [0.1, 0.15) is 10.3 Å². The summed E-state index contributed by atoms with van der Waals surface area (Å²) >= 11 is 3.37. The number of halogens is 1. The fourth-order valence-electron chi connectivity index (χ4n) is 1.31. The number of carbonyl (C=O) groups is 1. The van der Waals surface area contributed by atoms with Gasteiger partial charge in [0.05, 0.1) is 0 Å². The van der Waals surface area contributed by atoms with Crippen molar-refractivity contribution in [3.8, 4) is 0 Å². The maximum Gasteiger partial charge on any atom is 0.274 e. The predicted molar refractivity (Wildman–Crippen MR) is 60.9 cm³/mol. The number of pyridine rings is 1. The summed E-state index contributed by atoms with van der Waals surface area (Å²) in [5, 5.41) is 0. The Labute approximate surface area is 95.7 Å². The molecular formula is C10H10BrN3O. The van der Waals surface area contributed by atoms with Crippen LogP contribution < -0.4 is 0 Å². The lowest BCUT2D eigenvalue weighted by Gasteiger charge is -2.07. The lowest BCUT2D eigenvalue weighted by molar-refractivity contribution is 0.0821. The van der Waals surface area contributed by atoms with Gasteiger partial charge in [-0.2, -0.15) is 0 Å². The molecule has 2 rings (SSSR count). The average Bonchev–Trinajstić information content (AvgIpc) is 2.56. The van der Waals surface area contributed by atoms with Gasteiger partial charge in [0.25, 0.3) is 5.91 Å². The van der Waals surface area contributed by atoms with Crippen molar-refractivity contribution in [1.29, 1.82) is 0 Å². The standard InChI is InChI=1S/C10H10BrN3O/c1-13(2)10(15)8-9(11)14-6-4-3-5-7(14)12-8/h3-6H,1-2H3. The fraction of sp³-hybridized carbons (Fsp3) is 0.200. The van der Waals surface area contributed by atoms with Crippen LogP contribution in [0.3, 0.4) is 0 Å². The third-order valence-electron chi connectivity index (χ3n) is 2.08. The largest absolute Gasteiger partial charge is 0.343 e. The van der Waals surface area contributed by atoms with Crippen molar-refractivity contribution in [2.75, 3.05) is 14.1 Å². The molecule has 5 heteroatoms. The van der Waals surface area contributed by atoms with Crippen LogP contribution in [0, 0.1) is 0 Å². The molecular weight excluding hydrogens is 258 g/mol. The zero-order valence-corrected chi connectivity index (χ0v) is 10.0. The van der Waals surface area contributed by atoms with Crippen LogP contribution in [0.5, 0.6) is 0 Å². The maximum atomic E-state index is 11.8. The van der Waals surface area contributed by atoms with E-state index in [9.17, 15) is 4.79 Å². The Bertz CT molecular complexity index is 518. The number of hydrogen-bond donors (Lipinski definition) is 0. The van der Waals surface area contributed by atoms with E-state index in [1.807, 2.05) is 28.8 Å². The van der Waals surface area contributed by atoms with Gasteiger partial charge in [-0.25, -0.2) is 4.98 Å². The predicted octanol–water partition coefficient (Wildman–Crippen LogP) is 1.80. The molecule has 0 aliphatic heterocycles. The van der Waals surface area contributed by atoms with Crippen molar-refractivity contribution in [3.63, 3.8) is 0 Å². The monoisotopic (exact) mass is 267 g/mol. The van der Waals surface area contributed by atoms with Crippen LogP contribution in [-0.2, 0) is 0 Å². The summed E-state index contributed by atoms with van der Waals surface area (Å²) in [6, 6.07) is 5.64. The average molecular weight is 268 g/mol. The van der Waals surface area contributed by atoms with Gasteiger partial charge >= 0.3 is 0 Å². The van der Waals surface area contributed by atoms with Gasteiger partial charge in [-0.15, -0.1) is 0 Å². The second-order valence-electron chi connectivity index (χ2n) is 3.38. The number of carbonyl (C=O) groups excluding carboxylic acids is 1. The summed E-state index contributed by atoms with van der Waals surface area (Å²) in [4.78, 5) is 17.5. The molecule has 2 aromatic rings. The first-order valence-corrected chi connectivity index (χ1v) is 5.25. The van der Waals surface area contributed by atoms with E-state index in [4.69, 9.17) is 0 Å². The Balaban J connectivity index is 2.63. The third kappa shape index (κ3) is 1.63. The number of nitrogens with zero attached hydrogens (tertiary/aromatic N) is 3. The van der Waals surface area contributed by atoms with Gasteiger partial charge in [-0.1, -0.05) is 6.07 Å². The molecule has 2 aromatic heterocycles. The Morgan fingerprint density at radius 3 is 2.80 bits per heavy atom. The van der Waals surface area contributed by atoms with Crippen LogP contribution >= 0.6 is 15.9 Å². The molecule has 4 nitrogen and oxygen atoms in total. The molecule has 0 aliphatic rings. The summed E-state index contributed by atoms with van der Waals surface area (Å²) in [5.41, 5.74) is 1.20. The minimum Gasteiger partial charge on any atom is -0.343 e. The van der Waals surface area contributed by atoms with Crippen LogP contribution in [0.1, 0.15) is 10.5 Å². The third-order valence-corrected chi connectivity index (χ3v) is 2.84. The van der Waals surface area contributed by atoms with Gasteiger partial charge in [-0.3, -0.25) is 9.20 Å². The van der Waals surface area contributed by atoms with Crippen molar-refractivity contribution in [2.24, 2.45) is 0 Å². The van der Waals surface area contributed by atoms with Crippen LogP contribution in [0.4, 0.5) is 0 Å². The topological polar surface area (TPSA) is 37.6 Å². The highest BCUT2D eigenvalue weighted by molar-refractivity contribution is 9.10. The molecule has 0 aromatic carbocycles. The van der Waals surface area contributed by atoms with Crippen molar-refractivity contribution < 1.29 is 4.79 Å². The van der Waals surface area contributed by atoms with E-state index >= 15 is 0 Å². The summed E-state index contributed by atoms with van der Waals surface area (Å²) in [5.74, 6) is -0.106. The van der Waals surface area contributed by atoms with E-state index in [0.29, 0.717) is 10.3 Å². The molecule has 2 heterocycles. The summed E-state index contributed by atoms with van der Waals surface area (Å²) in [7, 11) is 3.41. The number of amides is 1. The molecule has 0 N–H and O–H groups in total. The lowest BCUT2D eigenvalue weighted by Crippen LogP contribution is -2.22. The highest BCUT2D eigenvalue weighted by atomic mass is 79.9. The highest BCUT2D eigenvalue weighted by Crippen LogP contribution is 2.19. The van der Waals surface area contributed by atoms with Crippen LogP contribution in [0.15, 0.2) is 29.0 Å². The first kappa shape index (κ1) is 10.2. The Kier molecular flexibility index (Phi) is 2.48. The number of hydrogen-bond acceptors (Lipinski definition) is 2. The maximum absolute atomic E-state index is 11.8. The molecule has 0 spiro atoms. The number of fused-ring (bicyclic) bond motifs is 1. The van der Waals surface area contributed by atoms with E-state index in [1.165, 1.54) is 4.90 Å². The second-order valence-corrected chi connectivity index (χ2v) is 4.13. The van der Waals surface area contributed by atoms with Crippen LogP contribution in [0.25, 0.3) is 5.65 Å².